The molecule has 0 aromatic heterocycles. The largest absolute Gasteiger partial charge is 0.298 e. The zero-order chi connectivity index (χ0) is 12.5. The van der Waals surface area contributed by atoms with Crippen LogP contribution in [0.4, 0.5) is 5.69 Å². The summed E-state index contributed by atoms with van der Waals surface area (Å²) in [5.74, 6) is 0. The number of non-ortho nitro benzene ring substituents is 1. The highest BCUT2D eigenvalue weighted by Crippen LogP contribution is 2.34. The van der Waals surface area contributed by atoms with Crippen molar-refractivity contribution in [1.29, 1.82) is 0 Å². The van der Waals surface area contributed by atoms with Crippen molar-refractivity contribution in [2.75, 3.05) is 7.11 Å². The smallest absolute Gasteiger partial charge is 0.270 e. The van der Waals surface area contributed by atoms with Gasteiger partial charge in [-0.3, -0.25) is 14.3 Å². The van der Waals surface area contributed by atoms with E-state index in [9.17, 15) is 18.5 Å². The predicted molar refractivity (Wildman–Crippen MR) is 57.3 cm³/mol. The fourth-order valence-electron chi connectivity index (χ4n) is 0.927. The minimum atomic E-state index is -4.13. The molecule has 16 heavy (non-hydrogen) atoms. The highest BCUT2D eigenvalue weighted by atomic mass is 35.5. The normalized spacial score (nSPS) is 11.4. The molecule has 0 saturated heterocycles. The number of nitro benzene ring substituents is 1. The van der Waals surface area contributed by atoms with Gasteiger partial charge >= 0.3 is 0 Å². The summed E-state index contributed by atoms with van der Waals surface area (Å²) in [6.45, 7) is 0. The first kappa shape index (κ1) is 13.2. The van der Waals surface area contributed by atoms with Gasteiger partial charge in [0.25, 0.3) is 15.8 Å². The van der Waals surface area contributed by atoms with Crippen molar-refractivity contribution in [2.45, 2.75) is 4.90 Å². The van der Waals surface area contributed by atoms with Crippen LogP contribution in [-0.2, 0) is 14.3 Å². The number of rotatable bonds is 3. The third-order valence-corrected chi connectivity index (χ3v) is 3.89. The number of benzene rings is 1. The van der Waals surface area contributed by atoms with Gasteiger partial charge in [0.05, 0.1) is 22.1 Å². The molecule has 1 rings (SSSR count). The van der Waals surface area contributed by atoms with Gasteiger partial charge in [0.2, 0.25) is 0 Å². The van der Waals surface area contributed by atoms with E-state index in [1.807, 2.05) is 0 Å². The van der Waals surface area contributed by atoms with Crippen LogP contribution in [-0.4, -0.2) is 20.5 Å². The van der Waals surface area contributed by atoms with Gasteiger partial charge < -0.3 is 0 Å². The molecule has 0 N–H and O–H groups in total. The number of nitro groups is 1. The van der Waals surface area contributed by atoms with E-state index in [-0.39, 0.29) is 10.0 Å². The van der Waals surface area contributed by atoms with Gasteiger partial charge in [-0.2, -0.15) is 8.42 Å². The summed E-state index contributed by atoms with van der Waals surface area (Å²) in [5, 5.41) is 9.96. The number of halogens is 2. The summed E-state index contributed by atoms with van der Waals surface area (Å²) in [5.41, 5.74) is -0.481. The van der Waals surface area contributed by atoms with Crippen LogP contribution in [0.2, 0.25) is 10.0 Å². The maximum absolute atomic E-state index is 11.4. The molecule has 0 aliphatic heterocycles. The van der Waals surface area contributed by atoms with E-state index in [0.717, 1.165) is 19.2 Å². The molecule has 0 aliphatic rings. The fourth-order valence-corrected chi connectivity index (χ4v) is 2.36. The lowest BCUT2D eigenvalue weighted by molar-refractivity contribution is -0.385. The maximum atomic E-state index is 11.4. The molecule has 0 aliphatic carbocycles. The second kappa shape index (κ2) is 4.54. The van der Waals surface area contributed by atoms with Crippen LogP contribution >= 0.6 is 23.2 Å². The lowest BCUT2D eigenvalue weighted by Crippen LogP contribution is -2.04. The maximum Gasteiger partial charge on any atom is 0.298 e. The predicted octanol–water partition coefficient (Wildman–Crippen LogP) is 2.24. The van der Waals surface area contributed by atoms with Crippen LogP contribution in [0.15, 0.2) is 17.0 Å². The number of hydrogen-bond donors (Lipinski definition) is 0. The summed E-state index contributed by atoms with van der Waals surface area (Å²) in [6, 6.07) is 1.74. The zero-order valence-corrected chi connectivity index (χ0v) is 10.1. The Bertz CT molecular complexity index is 542. The topological polar surface area (TPSA) is 86.5 Å². The Morgan fingerprint density at radius 2 is 1.94 bits per heavy atom. The van der Waals surface area contributed by atoms with Crippen molar-refractivity contribution in [3.05, 3.63) is 32.3 Å². The summed E-state index contributed by atoms with van der Waals surface area (Å²) >= 11 is 11.2. The molecule has 6 nitrogen and oxygen atoms in total. The second-order valence-electron chi connectivity index (χ2n) is 2.62. The van der Waals surface area contributed by atoms with Crippen molar-refractivity contribution >= 4 is 39.0 Å². The van der Waals surface area contributed by atoms with Gasteiger partial charge in [0, 0.05) is 12.1 Å². The Kier molecular flexibility index (Phi) is 3.74. The standard InChI is InChI=1S/C7H5Cl2NO5S/c1-15-16(13,14)6-3-4(10(11)12)2-5(8)7(6)9/h2-3H,1H3. The number of hydrogen-bond acceptors (Lipinski definition) is 5. The van der Waals surface area contributed by atoms with Crippen LogP contribution in [0.3, 0.4) is 0 Å². The first-order chi connectivity index (χ1) is 7.29. The van der Waals surface area contributed by atoms with Gasteiger partial charge in [-0.15, -0.1) is 0 Å². The van der Waals surface area contributed by atoms with Crippen LogP contribution in [0.5, 0.6) is 0 Å². The van der Waals surface area contributed by atoms with Crippen LogP contribution in [0.1, 0.15) is 0 Å². The molecule has 0 unspecified atom stereocenters. The Labute approximate surface area is 101 Å². The van der Waals surface area contributed by atoms with Gasteiger partial charge in [0.15, 0.2) is 0 Å². The quantitative estimate of drug-likeness (QED) is 0.483. The molecule has 88 valence electrons. The fraction of sp³-hybridized carbons (Fsp3) is 0.143. The molecular weight excluding hydrogens is 281 g/mol. The van der Waals surface area contributed by atoms with E-state index in [1.165, 1.54) is 0 Å². The summed E-state index contributed by atoms with van der Waals surface area (Å²) < 4.78 is 26.9. The molecule has 1 aromatic carbocycles. The first-order valence-electron chi connectivity index (χ1n) is 3.73. The molecule has 0 saturated carbocycles. The van der Waals surface area contributed by atoms with E-state index >= 15 is 0 Å². The Morgan fingerprint density at radius 3 is 2.38 bits per heavy atom. The third-order valence-electron chi connectivity index (χ3n) is 1.68. The van der Waals surface area contributed by atoms with E-state index in [0.29, 0.717) is 0 Å². The van der Waals surface area contributed by atoms with Crippen molar-refractivity contribution < 1.29 is 17.5 Å². The molecule has 1 aromatic rings. The SMILES string of the molecule is COS(=O)(=O)c1cc([N+](=O)[O-])cc(Cl)c1Cl. The van der Waals surface area contributed by atoms with E-state index in [4.69, 9.17) is 23.2 Å². The molecule has 0 bridgehead atoms. The second-order valence-corrected chi connectivity index (χ2v) is 5.08. The highest BCUT2D eigenvalue weighted by molar-refractivity contribution is 7.86. The van der Waals surface area contributed by atoms with E-state index < -0.39 is 25.6 Å². The van der Waals surface area contributed by atoms with Gasteiger partial charge in [-0.1, -0.05) is 23.2 Å². The van der Waals surface area contributed by atoms with Crippen LogP contribution in [0, 0.1) is 10.1 Å². The molecule has 0 spiro atoms. The monoisotopic (exact) mass is 285 g/mol. The average molecular weight is 286 g/mol. The summed E-state index contributed by atoms with van der Waals surface area (Å²) in [7, 11) is -3.21. The Balaban J connectivity index is 3.57. The molecule has 0 atom stereocenters. The zero-order valence-electron chi connectivity index (χ0n) is 7.81. The third kappa shape index (κ3) is 2.43. The lowest BCUT2D eigenvalue weighted by Gasteiger charge is -2.05. The minimum absolute atomic E-state index is 0.230. The first-order valence-corrected chi connectivity index (χ1v) is 5.90. The van der Waals surface area contributed by atoms with Crippen LogP contribution < -0.4 is 0 Å². The van der Waals surface area contributed by atoms with Crippen molar-refractivity contribution in [3.8, 4) is 0 Å². The van der Waals surface area contributed by atoms with E-state index in [2.05, 4.69) is 4.18 Å². The van der Waals surface area contributed by atoms with Gasteiger partial charge in [0.1, 0.15) is 4.90 Å². The Hall–Kier alpha value is -0.890. The Morgan fingerprint density at radius 1 is 1.38 bits per heavy atom. The number of nitrogens with zero attached hydrogens (tertiary/aromatic N) is 1. The molecule has 9 heteroatoms. The van der Waals surface area contributed by atoms with Crippen molar-refractivity contribution in [1.82, 2.24) is 0 Å². The van der Waals surface area contributed by atoms with Crippen molar-refractivity contribution in [2.24, 2.45) is 0 Å². The molecule has 0 radical (unpaired) electrons. The molecule has 0 fully saturated rings. The van der Waals surface area contributed by atoms with Crippen LogP contribution in [0.25, 0.3) is 0 Å². The lowest BCUT2D eigenvalue weighted by atomic mass is 10.3. The molecule has 0 heterocycles. The van der Waals surface area contributed by atoms with Gasteiger partial charge in [-0.25, -0.2) is 0 Å². The van der Waals surface area contributed by atoms with Crippen molar-refractivity contribution in [3.63, 3.8) is 0 Å². The average Bonchev–Trinajstić information content (AvgIpc) is 2.21. The summed E-state index contributed by atoms with van der Waals surface area (Å²) in [4.78, 5) is 9.19. The van der Waals surface area contributed by atoms with Gasteiger partial charge in [-0.05, 0) is 0 Å². The highest BCUT2D eigenvalue weighted by Gasteiger charge is 2.24. The molecular formula is C7H5Cl2NO5S. The minimum Gasteiger partial charge on any atom is -0.270 e. The summed E-state index contributed by atoms with van der Waals surface area (Å²) in [6.07, 6.45) is 0. The molecule has 0 amide bonds. The van der Waals surface area contributed by atoms with E-state index in [1.54, 1.807) is 0 Å².